The summed E-state index contributed by atoms with van der Waals surface area (Å²) in [7, 11) is 0. The topological polar surface area (TPSA) is 78.5 Å². The third-order valence-electron chi connectivity index (χ3n) is 3.73. The zero-order chi connectivity index (χ0) is 16.4. The van der Waals surface area contributed by atoms with E-state index in [1.165, 1.54) is 11.3 Å². The number of amides is 4. The Morgan fingerprint density at radius 3 is 2.65 bits per heavy atom. The van der Waals surface area contributed by atoms with Crippen LogP contribution in [0.1, 0.15) is 12.5 Å². The number of imide groups is 1. The summed E-state index contributed by atoms with van der Waals surface area (Å²) in [6, 6.07) is 10.1. The fourth-order valence-corrected chi connectivity index (χ4v) is 3.22. The average molecular weight is 329 g/mol. The number of carbonyl (C=O) groups is 3. The molecule has 1 aliphatic heterocycles. The van der Waals surface area contributed by atoms with Crippen LogP contribution in [-0.2, 0) is 15.1 Å². The molecule has 0 bridgehead atoms. The first-order valence-corrected chi connectivity index (χ1v) is 7.96. The number of urea groups is 1. The van der Waals surface area contributed by atoms with E-state index in [1.54, 1.807) is 37.3 Å². The van der Waals surface area contributed by atoms with E-state index >= 15 is 0 Å². The molecule has 0 saturated carbocycles. The minimum absolute atomic E-state index is 0.320. The highest BCUT2D eigenvalue weighted by molar-refractivity contribution is 7.08. The van der Waals surface area contributed by atoms with Crippen molar-refractivity contribution in [1.29, 1.82) is 0 Å². The van der Waals surface area contributed by atoms with Crippen molar-refractivity contribution in [2.45, 2.75) is 12.5 Å². The summed E-state index contributed by atoms with van der Waals surface area (Å²) in [6.45, 7) is 1.32. The van der Waals surface area contributed by atoms with Crippen molar-refractivity contribution in [3.05, 3.63) is 52.7 Å². The van der Waals surface area contributed by atoms with Gasteiger partial charge in [-0.05, 0) is 41.4 Å². The molecule has 1 atom stereocenters. The molecule has 6 nitrogen and oxygen atoms in total. The average Bonchev–Trinajstić information content (AvgIpc) is 3.13. The third kappa shape index (κ3) is 2.83. The van der Waals surface area contributed by atoms with Crippen LogP contribution in [0, 0.1) is 0 Å². The molecule has 1 aromatic carbocycles. The van der Waals surface area contributed by atoms with Gasteiger partial charge in [-0.15, -0.1) is 0 Å². The molecule has 118 valence electrons. The number of nitrogens with zero attached hydrogens (tertiary/aromatic N) is 1. The molecular weight excluding hydrogens is 314 g/mol. The van der Waals surface area contributed by atoms with Crippen LogP contribution in [0.5, 0.6) is 0 Å². The van der Waals surface area contributed by atoms with Crippen molar-refractivity contribution in [2.24, 2.45) is 0 Å². The molecule has 1 aromatic heterocycles. The number of anilines is 1. The van der Waals surface area contributed by atoms with Gasteiger partial charge in [-0.2, -0.15) is 11.3 Å². The van der Waals surface area contributed by atoms with E-state index in [-0.39, 0.29) is 6.54 Å². The zero-order valence-corrected chi connectivity index (χ0v) is 13.2. The maximum absolute atomic E-state index is 12.6. The van der Waals surface area contributed by atoms with Gasteiger partial charge in [-0.25, -0.2) is 4.79 Å². The molecule has 2 N–H and O–H groups in total. The van der Waals surface area contributed by atoms with Gasteiger partial charge in [-0.1, -0.05) is 18.2 Å². The molecule has 2 aromatic rings. The van der Waals surface area contributed by atoms with Gasteiger partial charge in [0, 0.05) is 5.69 Å². The van der Waals surface area contributed by atoms with Crippen LogP contribution in [0.15, 0.2) is 47.2 Å². The first-order chi connectivity index (χ1) is 11.0. The Hall–Kier alpha value is -2.67. The minimum Gasteiger partial charge on any atom is -0.325 e. The van der Waals surface area contributed by atoms with Crippen LogP contribution in [-0.4, -0.2) is 29.3 Å². The van der Waals surface area contributed by atoms with Crippen LogP contribution in [0.3, 0.4) is 0 Å². The standard InChI is InChI=1S/C16H15N3O3S/c1-16(11-7-8-23-10-11)14(21)19(15(22)18-16)9-13(20)17-12-5-3-2-4-6-12/h2-8,10H,9H2,1H3,(H,17,20)(H,18,22)/t16-/m1/s1. The summed E-state index contributed by atoms with van der Waals surface area (Å²) in [5.41, 5.74) is 0.210. The lowest BCUT2D eigenvalue weighted by atomic mass is 9.95. The number of nitrogens with one attached hydrogen (secondary N) is 2. The highest BCUT2D eigenvalue weighted by Crippen LogP contribution is 2.30. The lowest BCUT2D eigenvalue weighted by molar-refractivity contribution is -0.133. The predicted octanol–water partition coefficient (Wildman–Crippen LogP) is 2.15. The Morgan fingerprint density at radius 1 is 1.26 bits per heavy atom. The molecule has 7 heteroatoms. The van der Waals surface area contributed by atoms with Crippen molar-refractivity contribution in [3.8, 4) is 0 Å². The second-order valence-electron chi connectivity index (χ2n) is 5.37. The van der Waals surface area contributed by atoms with Crippen molar-refractivity contribution >= 4 is 34.9 Å². The smallest absolute Gasteiger partial charge is 0.325 e. The van der Waals surface area contributed by atoms with Crippen molar-refractivity contribution in [2.75, 3.05) is 11.9 Å². The monoisotopic (exact) mass is 329 g/mol. The second-order valence-corrected chi connectivity index (χ2v) is 6.15. The zero-order valence-electron chi connectivity index (χ0n) is 12.4. The Bertz CT molecular complexity index is 745. The number of benzene rings is 1. The molecule has 1 aliphatic rings. The number of hydrogen-bond acceptors (Lipinski definition) is 4. The molecular formula is C16H15N3O3S. The molecule has 0 spiro atoms. The van der Waals surface area contributed by atoms with Gasteiger partial charge in [0.05, 0.1) is 0 Å². The fraction of sp³-hybridized carbons (Fsp3) is 0.188. The SMILES string of the molecule is C[C@]1(c2ccsc2)NC(=O)N(CC(=O)Nc2ccccc2)C1=O. The summed E-state index contributed by atoms with van der Waals surface area (Å²) in [4.78, 5) is 37.7. The summed E-state index contributed by atoms with van der Waals surface area (Å²) < 4.78 is 0. The fourth-order valence-electron chi connectivity index (χ4n) is 2.45. The van der Waals surface area contributed by atoms with E-state index in [0.717, 1.165) is 4.90 Å². The molecule has 4 amide bonds. The molecule has 0 radical (unpaired) electrons. The molecule has 3 rings (SSSR count). The summed E-state index contributed by atoms with van der Waals surface area (Å²) >= 11 is 1.44. The first-order valence-electron chi connectivity index (χ1n) is 7.02. The summed E-state index contributed by atoms with van der Waals surface area (Å²) in [5.74, 6) is -0.849. The lowest BCUT2D eigenvalue weighted by Crippen LogP contribution is -2.41. The van der Waals surface area contributed by atoms with E-state index in [0.29, 0.717) is 11.3 Å². The Kier molecular flexibility index (Phi) is 3.87. The normalized spacial score (nSPS) is 20.5. The number of hydrogen-bond donors (Lipinski definition) is 2. The maximum Gasteiger partial charge on any atom is 0.325 e. The maximum atomic E-state index is 12.6. The van der Waals surface area contributed by atoms with E-state index in [2.05, 4.69) is 10.6 Å². The van der Waals surface area contributed by atoms with Gasteiger partial charge in [0.15, 0.2) is 0 Å². The van der Waals surface area contributed by atoms with E-state index in [9.17, 15) is 14.4 Å². The number of rotatable bonds is 4. The predicted molar refractivity (Wildman–Crippen MR) is 87.0 cm³/mol. The van der Waals surface area contributed by atoms with Gasteiger partial charge in [0.1, 0.15) is 12.1 Å². The van der Waals surface area contributed by atoms with Gasteiger partial charge in [-0.3, -0.25) is 14.5 Å². The molecule has 1 saturated heterocycles. The molecule has 1 fully saturated rings. The van der Waals surface area contributed by atoms with Crippen molar-refractivity contribution < 1.29 is 14.4 Å². The van der Waals surface area contributed by atoms with E-state index < -0.39 is 23.4 Å². The highest BCUT2D eigenvalue weighted by atomic mass is 32.1. The summed E-state index contributed by atoms with van der Waals surface area (Å²) in [5, 5.41) is 8.98. The Labute approximate surface area is 137 Å². The largest absolute Gasteiger partial charge is 0.325 e. The molecule has 0 aliphatic carbocycles. The van der Waals surface area contributed by atoms with E-state index in [1.807, 2.05) is 16.8 Å². The van der Waals surface area contributed by atoms with Crippen molar-refractivity contribution in [3.63, 3.8) is 0 Å². The lowest BCUT2D eigenvalue weighted by Gasteiger charge is -2.20. The van der Waals surface area contributed by atoms with Crippen molar-refractivity contribution in [1.82, 2.24) is 10.2 Å². The second kappa shape index (κ2) is 5.85. The number of carbonyl (C=O) groups excluding carboxylic acids is 3. The third-order valence-corrected chi connectivity index (χ3v) is 4.42. The minimum atomic E-state index is -1.12. The van der Waals surface area contributed by atoms with Crippen LogP contribution in [0.2, 0.25) is 0 Å². The Morgan fingerprint density at radius 2 is 2.00 bits per heavy atom. The van der Waals surface area contributed by atoms with Crippen LogP contribution in [0.25, 0.3) is 0 Å². The van der Waals surface area contributed by atoms with Gasteiger partial charge >= 0.3 is 6.03 Å². The van der Waals surface area contributed by atoms with Crippen LogP contribution < -0.4 is 10.6 Å². The Balaban J connectivity index is 1.72. The first kappa shape index (κ1) is 15.2. The van der Waals surface area contributed by atoms with Crippen LogP contribution >= 0.6 is 11.3 Å². The van der Waals surface area contributed by atoms with Crippen LogP contribution in [0.4, 0.5) is 10.5 Å². The molecule has 23 heavy (non-hydrogen) atoms. The quantitative estimate of drug-likeness (QED) is 0.844. The molecule has 2 heterocycles. The summed E-state index contributed by atoms with van der Waals surface area (Å²) in [6.07, 6.45) is 0. The van der Waals surface area contributed by atoms with Gasteiger partial charge < -0.3 is 10.6 Å². The number of thiophene rings is 1. The number of para-hydroxylation sites is 1. The van der Waals surface area contributed by atoms with Gasteiger partial charge in [0.2, 0.25) is 5.91 Å². The van der Waals surface area contributed by atoms with Gasteiger partial charge in [0.25, 0.3) is 5.91 Å². The molecule has 0 unspecified atom stereocenters. The van der Waals surface area contributed by atoms with E-state index in [4.69, 9.17) is 0 Å². The highest BCUT2D eigenvalue weighted by Gasteiger charge is 2.49.